The first-order valence-electron chi connectivity index (χ1n) is 8.70. The van der Waals surface area contributed by atoms with Gasteiger partial charge in [0.25, 0.3) is 0 Å². The van der Waals surface area contributed by atoms with Crippen LogP contribution in [0.3, 0.4) is 0 Å². The molecule has 0 aromatic rings. The summed E-state index contributed by atoms with van der Waals surface area (Å²) in [5.41, 5.74) is 0.478. The standard InChI is InChI=1S/C17H34N2/c1-4-15(5-2)16(18-3)17(11-7-8-12-17)19-13-9-6-10-14-19/h15-16,18H,4-14H2,1-3H3. The van der Waals surface area contributed by atoms with E-state index < -0.39 is 0 Å². The molecule has 0 radical (unpaired) electrons. The van der Waals surface area contributed by atoms with Gasteiger partial charge in [0, 0.05) is 11.6 Å². The molecule has 2 aliphatic rings. The molecule has 0 spiro atoms. The Hall–Kier alpha value is -0.0800. The Morgan fingerprint density at radius 1 is 0.947 bits per heavy atom. The van der Waals surface area contributed by atoms with Crippen LogP contribution in [0.25, 0.3) is 0 Å². The van der Waals surface area contributed by atoms with Crippen molar-refractivity contribution in [2.75, 3.05) is 20.1 Å². The van der Waals surface area contributed by atoms with E-state index in [2.05, 4.69) is 31.1 Å². The number of piperidine rings is 1. The van der Waals surface area contributed by atoms with Crippen LogP contribution in [-0.4, -0.2) is 36.6 Å². The summed E-state index contributed by atoms with van der Waals surface area (Å²) in [4.78, 5) is 2.88. The molecule has 1 aliphatic carbocycles. The van der Waals surface area contributed by atoms with Gasteiger partial charge in [0.2, 0.25) is 0 Å². The van der Waals surface area contributed by atoms with Crippen molar-refractivity contribution in [3.63, 3.8) is 0 Å². The monoisotopic (exact) mass is 266 g/mol. The fraction of sp³-hybridized carbons (Fsp3) is 1.00. The van der Waals surface area contributed by atoms with E-state index in [9.17, 15) is 0 Å². The third-order valence-electron chi connectivity index (χ3n) is 5.87. The van der Waals surface area contributed by atoms with Gasteiger partial charge in [0.1, 0.15) is 0 Å². The van der Waals surface area contributed by atoms with Crippen LogP contribution in [0.5, 0.6) is 0 Å². The van der Waals surface area contributed by atoms with Gasteiger partial charge < -0.3 is 5.32 Å². The molecule has 0 aromatic heterocycles. The Bertz CT molecular complexity index is 248. The molecule has 0 aromatic carbocycles. The average molecular weight is 266 g/mol. The molecule has 1 aliphatic heterocycles. The molecule has 1 heterocycles. The second kappa shape index (κ2) is 7.08. The number of likely N-dealkylation sites (N-methyl/N-ethyl adjacent to an activating group) is 1. The normalized spacial score (nSPS) is 25.9. The number of likely N-dealkylation sites (tertiary alicyclic amines) is 1. The first kappa shape index (κ1) is 15.3. The fourth-order valence-electron chi connectivity index (χ4n) is 4.85. The van der Waals surface area contributed by atoms with E-state index >= 15 is 0 Å². The topological polar surface area (TPSA) is 15.3 Å². The number of rotatable bonds is 6. The summed E-state index contributed by atoms with van der Waals surface area (Å²) < 4.78 is 0. The van der Waals surface area contributed by atoms with Crippen molar-refractivity contribution in [1.82, 2.24) is 10.2 Å². The largest absolute Gasteiger partial charge is 0.315 e. The highest BCUT2D eigenvalue weighted by atomic mass is 15.2. The van der Waals surface area contributed by atoms with Crippen molar-refractivity contribution in [3.8, 4) is 0 Å². The van der Waals surface area contributed by atoms with Gasteiger partial charge in [0.05, 0.1) is 0 Å². The first-order valence-corrected chi connectivity index (χ1v) is 8.70. The van der Waals surface area contributed by atoms with Crippen molar-refractivity contribution in [1.29, 1.82) is 0 Å². The number of nitrogens with zero attached hydrogens (tertiary/aromatic N) is 1. The minimum Gasteiger partial charge on any atom is -0.315 e. The van der Waals surface area contributed by atoms with Gasteiger partial charge in [-0.05, 0) is 51.7 Å². The van der Waals surface area contributed by atoms with Crippen LogP contribution in [0.4, 0.5) is 0 Å². The summed E-state index contributed by atoms with van der Waals surface area (Å²) in [7, 11) is 2.20. The number of hydrogen-bond donors (Lipinski definition) is 1. The molecule has 2 nitrogen and oxygen atoms in total. The number of nitrogens with one attached hydrogen (secondary N) is 1. The maximum atomic E-state index is 3.74. The van der Waals surface area contributed by atoms with Crippen LogP contribution in [0.15, 0.2) is 0 Å². The Labute approximate surface area is 120 Å². The van der Waals surface area contributed by atoms with Crippen LogP contribution in [-0.2, 0) is 0 Å². The molecule has 0 bridgehead atoms. The highest BCUT2D eigenvalue weighted by Crippen LogP contribution is 2.42. The second-order valence-corrected chi connectivity index (χ2v) is 6.70. The minimum atomic E-state index is 0.478. The molecule has 1 saturated heterocycles. The van der Waals surface area contributed by atoms with E-state index in [4.69, 9.17) is 0 Å². The van der Waals surface area contributed by atoms with Gasteiger partial charge in [-0.2, -0.15) is 0 Å². The van der Waals surface area contributed by atoms with Crippen molar-refractivity contribution >= 4 is 0 Å². The van der Waals surface area contributed by atoms with E-state index in [0.29, 0.717) is 11.6 Å². The molecule has 112 valence electrons. The summed E-state index contributed by atoms with van der Waals surface area (Å²) in [5.74, 6) is 0.838. The Morgan fingerprint density at radius 2 is 1.53 bits per heavy atom. The molecule has 1 atom stereocenters. The summed E-state index contributed by atoms with van der Waals surface area (Å²) in [6, 6.07) is 0.697. The van der Waals surface area contributed by atoms with Crippen molar-refractivity contribution in [2.24, 2.45) is 5.92 Å². The van der Waals surface area contributed by atoms with Crippen LogP contribution < -0.4 is 5.32 Å². The van der Waals surface area contributed by atoms with E-state index in [1.807, 2.05) is 0 Å². The molecular weight excluding hydrogens is 232 g/mol. The lowest BCUT2D eigenvalue weighted by Gasteiger charge is -2.50. The fourth-order valence-corrected chi connectivity index (χ4v) is 4.85. The molecule has 2 fully saturated rings. The zero-order valence-corrected chi connectivity index (χ0v) is 13.4. The summed E-state index contributed by atoms with van der Waals surface area (Å²) >= 11 is 0. The predicted octanol–water partition coefficient (Wildman–Crippen LogP) is 3.81. The van der Waals surface area contributed by atoms with E-state index in [0.717, 1.165) is 5.92 Å². The maximum Gasteiger partial charge on any atom is 0.0365 e. The molecule has 1 unspecified atom stereocenters. The quantitative estimate of drug-likeness (QED) is 0.786. The van der Waals surface area contributed by atoms with Crippen LogP contribution in [0, 0.1) is 5.92 Å². The van der Waals surface area contributed by atoms with E-state index in [1.165, 1.54) is 70.9 Å². The summed E-state index contributed by atoms with van der Waals surface area (Å²) in [6.45, 7) is 7.44. The lowest BCUT2D eigenvalue weighted by Crippen LogP contribution is -2.62. The Morgan fingerprint density at radius 3 is 2.00 bits per heavy atom. The highest BCUT2D eigenvalue weighted by Gasteiger charge is 2.47. The third-order valence-corrected chi connectivity index (χ3v) is 5.87. The lowest BCUT2D eigenvalue weighted by atomic mass is 9.76. The molecule has 19 heavy (non-hydrogen) atoms. The van der Waals surface area contributed by atoms with Gasteiger partial charge in [-0.1, -0.05) is 46.0 Å². The van der Waals surface area contributed by atoms with Crippen molar-refractivity contribution in [3.05, 3.63) is 0 Å². The van der Waals surface area contributed by atoms with E-state index in [1.54, 1.807) is 0 Å². The summed E-state index contributed by atoms with van der Waals surface area (Å²) in [6.07, 6.45) is 12.6. The molecular formula is C17H34N2. The minimum absolute atomic E-state index is 0.478. The zero-order chi connectivity index (χ0) is 13.7. The van der Waals surface area contributed by atoms with Crippen LogP contribution >= 0.6 is 0 Å². The van der Waals surface area contributed by atoms with Gasteiger partial charge in [-0.3, -0.25) is 4.90 Å². The smallest absolute Gasteiger partial charge is 0.0365 e. The van der Waals surface area contributed by atoms with Crippen molar-refractivity contribution in [2.45, 2.75) is 83.2 Å². The van der Waals surface area contributed by atoms with Gasteiger partial charge in [0.15, 0.2) is 0 Å². The molecule has 1 N–H and O–H groups in total. The molecule has 2 rings (SSSR count). The second-order valence-electron chi connectivity index (χ2n) is 6.70. The van der Waals surface area contributed by atoms with Crippen LogP contribution in [0.1, 0.15) is 71.6 Å². The maximum absolute atomic E-state index is 3.74. The Kier molecular flexibility index (Phi) is 5.70. The predicted molar refractivity (Wildman–Crippen MR) is 83.5 cm³/mol. The van der Waals surface area contributed by atoms with E-state index in [-0.39, 0.29) is 0 Å². The highest BCUT2D eigenvalue weighted by molar-refractivity contribution is 5.05. The lowest BCUT2D eigenvalue weighted by molar-refractivity contribution is 0.0179. The third kappa shape index (κ3) is 3.00. The van der Waals surface area contributed by atoms with Crippen LogP contribution in [0.2, 0.25) is 0 Å². The molecule has 2 heteroatoms. The van der Waals surface area contributed by atoms with Gasteiger partial charge in [-0.25, -0.2) is 0 Å². The summed E-state index contributed by atoms with van der Waals surface area (Å²) in [5, 5.41) is 3.74. The van der Waals surface area contributed by atoms with Gasteiger partial charge >= 0.3 is 0 Å². The van der Waals surface area contributed by atoms with Gasteiger partial charge in [-0.15, -0.1) is 0 Å². The Balaban J connectivity index is 2.20. The number of hydrogen-bond acceptors (Lipinski definition) is 2. The average Bonchev–Trinajstić information content (AvgIpc) is 2.96. The zero-order valence-electron chi connectivity index (χ0n) is 13.4. The molecule has 0 amide bonds. The SMILES string of the molecule is CCC(CC)C(NC)C1(N2CCCCC2)CCCC1. The molecule has 1 saturated carbocycles. The van der Waals surface area contributed by atoms with Crippen molar-refractivity contribution < 1.29 is 0 Å². The first-order chi connectivity index (χ1) is 9.28.